The number of aryl methyl sites for hydroxylation is 2. The van der Waals surface area contributed by atoms with Gasteiger partial charge in [-0.3, -0.25) is 0 Å². The number of para-hydroxylation sites is 2. The number of aromatic nitrogens is 2. The highest BCUT2D eigenvalue weighted by Gasteiger charge is 2.40. The SMILES string of the molecule is Cc1ccc2c3ccccc3n(-c3ccc(-c4cc(F)cc(F)c4)c(-n4c5ccccc5c5ccc(C)cc54)c3C(F)(F)F)c2c1. The number of hydrogen-bond acceptors (Lipinski definition) is 0. The van der Waals surface area contributed by atoms with E-state index in [1.807, 2.05) is 80.6 Å². The molecule has 0 N–H and O–H groups in total. The molecule has 0 aliphatic heterocycles. The zero-order valence-corrected chi connectivity index (χ0v) is 24.8. The second-order valence-electron chi connectivity index (χ2n) is 11.8. The van der Waals surface area contributed by atoms with E-state index in [0.29, 0.717) is 28.1 Å². The van der Waals surface area contributed by atoms with Gasteiger partial charge in [-0.25, -0.2) is 8.78 Å². The van der Waals surface area contributed by atoms with Crippen LogP contribution in [0.1, 0.15) is 16.7 Å². The molecule has 0 saturated heterocycles. The van der Waals surface area contributed by atoms with E-state index in [1.165, 1.54) is 6.07 Å². The van der Waals surface area contributed by atoms with Crippen LogP contribution in [0.2, 0.25) is 0 Å². The minimum Gasteiger partial charge on any atom is -0.309 e. The van der Waals surface area contributed by atoms with Crippen LogP contribution < -0.4 is 0 Å². The van der Waals surface area contributed by atoms with E-state index in [0.717, 1.165) is 44.8 Å². The molecule has 226 valence electrons. The number of halogens is 5. The lowest BCUT2D eigenvalue weighted by atomic mass is 9.96. The van der Waals surface area contributed by atoms with Gasteiger partial charge in [-0.2, -0.15) is 13.2 Å². The molecule has 0 aliphatic rings. The summed E-state index contributed by atoms with van der Waals surface area (Å²) in [5.74, 6) is -1.76. The van der Waals surface area contributed by atoms with Gasteiger partial charge >= 0.3 is 6.18 Å². The third-order valence-electron chi connectivity index (χ3n) is 8.74. The molecular weight excluding hydrogens is 591 g/mol. The van der Waals surface area contributed by atoms with Crippen LogP contribution in [0.4, 0.5) is 22.0 Å². The Morgan fingerprint density at radius 3 is 1.57 bits per heavy atom. The summed E-state index contributed by atoms with van der Waals surface area (Å²) in [6.45, 7) is 3.78. The summed E-state index contributed by atoms with van der Waals surface area (Å²) in [6, 6.07) is 31.9. The van der Waals surface area contributed by atoms with Crippen molar-refractivity contribution in [1.29, 1.82) is 0 Å². The lowest BCUT2D eigenvalue weighted by molar-refractivity contribution is -0.137. The van der Waals surface area contributed by atoms with Crippen molar-refractivity contribution in [3.8, 4) is 22.5 Å². The van der Waals surface area contributed by atoms with E-state index >= 15 is 13.2 Å². The molecular formula is C39H25F5N2. The summed E-state index contributed by atoms with van der Waals surface area (Å²) in [5.41, 5.74) is 2.95. The van der Waals surface area contributed by atoms with Gasteiger partial charge in [0.1, 0.15) is 17.2 Å². The fraction of sp³-hybridized carbons (Fsp3) is 0.0769. The maximum absolute atomic E-state index is 15.9. The van der Waals surface area contributed by atoms with Crippen LogP contribution in [0.5, 0.6) is 0 Å². The number of rotatable bonds is 3. The van der Waals surface area contributed by atoms with Crippen molar-refractivity contribution in [2.45, 2.75) is 20.0 Å². The minimum absolute atomic E-state index is 0.00111. The Labute approximate surface area is 260 Å². The second kappa shape index (κ2) is 10.0. The molecule has 8 aromatic rings. The van der Waals surface area contributed by atoms with Gasteiger partial charge in [-0.15, -0.1) is 0 Å². The van der Waals surface area contributed by atoms with Gasteiger partial charge in [0.2, 0.25) is 0 Å². The van der Waals surface area contributed by atoms with Crippen molar-refractivity contribution in [3.63, 3.8) is 0 Å². The summed E-state index contributed by atoms with van der Waals surface area (Å²) in [7, 11) is 0. The summed E-state index contributed by atoms with van der Waals surface area (Å²) < 4.78 is 80.4. The van der Waals surface area contributed by atoms with Gasteiger partial charge in [0, 0.05) is 33.2 Å². The Morgan fingerprint density at radius 2 is 1.00 bits per heavy atom. The minimum atomic E-state index is -4.88. The predicted octanol–water partition coefficient (Wildman–Crippen LogP) is 11.5. The number of fused-ring (bicyclic) bond motifs is 6. The first-order valence-corrected chi connectivity index (χ1v) is 14.8. The van der Waals surface area contributed by atoms with Crippen molar-refractivity contribution < 1.29 is 22.0 Å². The van der Waals surface area contributed by atoms with Crippen molar-refractivity contribution in [2.75, 3.05) is 0 Å². The third kappa shape index (κ3) is 4.22. The van der Waals surface area contributed by atoms with Crippen LogP contribution >= 0.6 is 0 Å². The van der Waals surface area contributed by atoms with Crippen LogP contribution in [-0.4, -0.2) is 9.13 Å². The maximum Gasteiger partial charge on any atom is 0.420 e. The Hall–Kier alpha value is -5.43. The van der Waals surface area contributed by atoms with Crippen molar-refractivity contribution in [1.82, 2.24) is 9.13 Å². The molecule has 0 radical (unpaired) electrons. The molecule has 8 rings (SSSR count). The number of alkyl halides is 3. The fourth-order valence-electron chi connectivity index (χ4n) is 6.88. The van der Waals surface area contributed by atoms with Crippen LogP contribution in [0.15, 0.2) is 115 Å². The Kier molecular flexibility index (Phi) is 6.13. The van der Waals surface area contributed by atoms with Crippen LogP contribution in [0, 0.1) is 25.5 Å². The molecule has 0 spiro atoms. The fourth-order valence-corrected chi connectivity index (χ4v) is 6.88. The lowest BCUT2D eigenvalue weighted by Gasteiger charge is -2.24. The lowest BCUT2D eigenvalue weighted by Crippen LogP contribution is -2.17. The highest BCUT2D eigenvalue weighted by atomic mass is 19.4. The summed E-state index contributed by atoms with van der Waals surface area (Å²) in [5, 5.41) is 3.17. The molecule has 0 saturated carbocycles. The average molecular weight is 617 g/mol. The maximum atomic E-state index is 15.9. The van der Waals surface area contributed by atoms with E-state index in [4.69, 9.17) is 0 Å². The molecule has 46 heavy (non-hydrogen) atoms. The number of hydrogen-bond donors (Lipinski definition) is 0. The molecule has 0 fully saturated rings. The second-order valence-corrected chi connectivity index (χ2v) is 11.8. The molecule has 0 unspecified atom stereocenters. The molecule has 0 amide bonds. The smallest absolute Gasteiger partial charge is 0.309 e. The van der Waals surface area contributed by atoms with E-state index in [1.54, 1.807) is 33.4 Å². The monoisotopic (exact) mass is 616 g/mol. The molecule has 2 nitrogen and oxygen atoms in total. The zero-order chi connectivity index (χ0) is 31.9. The Balaban J connectivity index is 1.63. The van der Waals surface area contributed by atoms with Gasteiger partial charge in [0.25, 0.3) is 0 Å². The molecule has 0 atom stereocenters. The zero-order valence-electron chi connectivity index (χ0n) is 24.8. The van der Waals surface area contributed by atoms with Crippen molar-refractivity contribution in [2.24, 2.45) is 0 Å². The Morgan fingerprint density at radius 1 is 0.500 bits per heavy atom. The standard InChI is InChI=1S/C39H25F5N2/c1-22-11-13-30-28-7-3-5-9-32(28)45(35(30)17-22)34-16-15-27(24-19-25(40)21-26(41)20-24)38(37(34)39(42,43)44)46-33-10-6-4-8-29(33)31-14-12-23(2)18-36(31)46/h3-21H,1-2H3. The van der Waals surface area contributed by atoms with Gasteiger partial charge in [0.15, 0.2) is 0 Å². The molecule has 2 aromatic heterocycles. The Bertz CT molecular complexity index is 2500. The van der Waals surface area contributed by atoms with E-state index in [9.17, 15) is 8.78 Å². The van der Waals surface area contributed by atoms with Crippen LogP contribution in [0.25, 0.3) is 66.1 Å². The normalized spacial score (nSPS) is 12.2. The first kappa shape index (κ1) is 28.1. The van der Waals surface area contributed by atoms with E-state index in [2.05, 4.69) is 0 Å². The number of benzene rings is 6. The van der Waals surface area contributed by atoms with Gasteiger partial charge in [-0.1, -0.05) is 66.7 Å². The molecule has 0 aliphatic carbocycles. The van der Waals surface area contributed by atoms with E-state index in [-0.39, 0.29) is 22.5 Å². The molecule has 6 aromatic carbocycles. The van der Waals surface area contributed by atoms with Crippen LogP contribution in [0.3, 0.4) is 0 Å². The molecule has 0 bridgehead atoms. The molecule has 7 heteroatoms. The average Bonchev–Trinajstić information content (AvgIpc) is 3.51. The van der Waals surface area contributed by atoms with Crippen molar-refractivity contribution in [3.05, 3.63) is 144 Å². The first-order valence-electron chi connectivity index (χ1n) is 14.8. The summed E-state index contributed by atoms with van der Waals surface area (Å²) in [6.07, 6.45) is -4.88. The van der Waals surface area contributed by atoms with Crippen molar-refractivity contribution >= 4 is 43.6 Å². The largest absolute Gasteiger partial charge is 0.420 e. The highest BCUT2D eigenvalue weighted by molar-refractivity contribution is 6.11. The third-order valence-corrected chi connectivity index (χ3v) is 8.74. The highest BCUT2D eigenvalue weighted by Crippen LogP contribution is 2.47. The van der Waals surface area contributed by atoms with E-state index < -0.39 is 23.4 Å². The van der Waals surface area contributed by atoms with Crippen LogP contribution in [-0.2, 0) is 6.18 Å². The topological polar surface area (TPSA) is 9.86 Å². The number of nitrogens with zero attached hydrogens (tertiary/aromatic N) is 2. The van der Waals surface area contributed by atoms with Gasteiger partial charge in [0.05, 0.1) is 33.4 Å². The first-order chi connectivity index (χ1) is 22.1. The summed E-state index contributed by atoms with van der Waals surface area (Å²) in [4.78, 5) is 0. The quantitative estimate of drug-likeness (QED) is 0.175. The summed E-state index contributed by atoms with van der Waals surface area (Å²) >= 11 is 0. The van der Waals surface area contributed by atoms with Gasteiger partial charge in [-0.05, 0) is 73.0 Å². The molecule has 2 heterocycles. The van der Waals surface area contributed by atoms with Gasteiger partial charge < -0.3 is 9.13 Å². The predicted molar refractivity (Wildman–Crippen MR) is 175 cm³/mol.